The lowest BCUT2D eigenvalue weighted by Crippen LogP contribution is -2.24. The van der Waals surface area contributed by atoms with E-state index in [-0.39, 0.29) is 0 Å². The van der Waals surface area contributed by atoms with Crippen molar-refractivity contribution in [2.75, 3.05) is 18.0 Å². The van der Waals surface area contributed by atoms with Gasteiger partial charge in [-0.15, -0.1) is 0 Å². The van der Waals surface area contributed by atoms with E-state index in [0.717, 1.165) is 36.6 Å². The third-order valence-corrected chi connectivity index (χ3v) is 2.92. The molecule has 0 saturated heterocycles. The van der Waals surface area contributed by atoms with E-state index in [9.17, 15) is 0 Å². The number of hydrogen-bond donors (Lipinski definition) is 0. The van der Waals surface area contributed by atoms with Gasteiger partial charge in [-0.05, 0) is 13.3 Å². The predicted octanol–water partition coefficient (Wildman–Crippen LogP) is 3.38. The van der Waals surface area contributed by atoms with Crippen molar-refractivity contribution >= 4 is 5.82 Å². The first-order valence-corrected chi connectivity index (χ1v) is 6.47. The summed E-state index contributed by atoms with van der Waals surface area (Å²) in [6, 6.07) is 12.3. The standard InChI is InChI=1S/C15H19N3/c1-3-10-18(4-2)15-11-14(16-12-17-15)13-8-6-5-7-9-13/h5-9,11-12H,3-4,10H2,1-2H3. The molecule has 1 aromatic heterocycles. The molecule has 0 aliphatic rings. The molecule has 0 unspecified atom stereocenters. The fourth-order valence-corrected chi connectivity index (χ4v) is 1.99. The van der Waals surface area contributed by atoms with Gasteiger partial charge in [0.1, 0.15) is 12.1 Å². The molecule has 0 radical (unpaired) electrons. The number of nitrogens with zero attached hydrogens (tertiary/aromatic N) is 3. The van der Waals surface area contributed by atoms with Gasteiger partial charge in [0, 0.05) is 24.7 Å². The van der Waals surface area contributed by atoms with Crippen LogP contribution in [0.4, 0.5) is 5.82 Å². The van der Waals surface area contributed by atoms with Crippen LogP contribution in [-0.2, 0) is 0 Å². The molecular weight excluding hydrogens is 222 g/mol. The topological polar surface area (TPSA) is 29.0 Å². The van der Waals surface area contributed by atoms with Crippen LogP contribution in [0, 0.1) is 0 Å². The van der Waals surface area contributed by atoms with E-state index in [0.29, 0.717) is 0 Å². The van der Waals surface area contributed by atoms with Gasteiger partial charge in [0.25, 0.3) is 0 Å². The van der Waals surface area contributed by atoms with Gasteiger partial charge < -0.3 is 4.90 Å². The Kier molecular flexibility index (Phi) is 4.29. The SMILES string of the molecule is CCCN(CC)c1cc(-c2ccccc2)ncn1. The molecule has 1 heterocycles. The van der Waals surface area contributed by atoms with Crippen molar-refractivity contribution in [1.29, 1.82) is 0 Å². The number of rotatable bonds is 5. The van der Waals surface area contributed by atoms with E-state index in [1.54, 1.807) is 6.33 Å². The molecule has 0 amide bonds. The minimum atomic E-state index is 0.971. The zero-order valence-corrected chi connectivity index (χ0v) is 11.0. The summed E-state index contributed by atoms with van der Waals surface area (Å²) in [7, 11) is 0. The molecule has 0 saturated carbocycles. The first-order valence-electron chi connectivity index (χ1n) is 6.47. The highest BCUT2D eigenvalue weighted by Gasteiger charge is 2.07. The van der Waals surface area contributed by atoms with Crippen molar-refractivity contribution in [3.63, 3.8) is 0 Å². The number of hydrogen-bond acceptors (Lipinski definition) is 3. The van der Waals surface area contributed by atoms with Crippen molar-refractivity contribution in [2.24, 2.45) is 0 Å². The Labute approximate surface area is 109 Å². The molecule has 3 nitrogen and oxygen atoms in total. The second-order valence-corrected chi connectivity index (χ2v) is 4.21. The lowest BCUT2D eigenvalue weighted by molar-refractivity contribution is 0.776. The normalized spacial score (nSPS) is 10.3. The predicted molar refractivity (Wildman–Crippen MR) is 75.6 cm³/mol. The summed E-state index contributed by atoms with van der Waals surface area (Å²) in [6.07, 6.45) is 2.77. The summed E-state index contributed by atoms with van der Waals surface area (Å²) in [5.74, 6) is 1.01. The second-order valence-electron chi connectivity index (χ2n) is 4.21. The molecule has 2 aromatic rings. The molecule has 2 rings (SSSR count). The molecule has 0 atom stereocenters. The average molecular weight is 241 g/mol. The Hall–Kier alpha value is -1.90. The Morgan fingerprint density at radius 2 is 1.83 bits per heavy atom. The van der Waals surface area contributed by atoms with Crippen LogP contribution >= 0.6 is 0 Å². The summed E-state index contributed by atoms with van der Waals surface area (Å²) >= 11 is 0. The number of benzene rings is 1. The van der Waals surface area contributed by atoms with Crippen molar-refractivity contribution in [2.45, 2.75) is 20.3 Å². The quantitative estimate of drug-likeness (QED) is 0.803. The minimum absolute atomic E-state index is 0.971. The third-order valence-electron chi connectivity index (χ3n) is 2.92. The smallest absolute Gasteiger partial charge is 0.132 e. The first kappa shape index (κ1) is 12.6. The highest BCUT2D eigenvalue weighted by molar-refractivity contribution is 5.62. The molecule has 0 aliphatic carbocycles. The molecule has 18 heavy (non-hydrogen) atoms. The van der Waals surface area contributed by atoms with Gasteiger partial charge in [0.15, 0.2) is 0 Å². The van der Waals surface area contributed by atoms with E-state index in [1.165, 1.54) is 0 Å². The summed E-state index contributed by atoms with van der Waals surface area (Å²) in [5, 5.41) is 0. The molecule has 0 bridgehead atoms. The van der Waals surface area contributed by atoms with Crippen LogP contribution in [0.1, 0.15) is 20.3 Å². The summed E-state index contributed by atoms with van der Waals surface area (Å²) in [5.41, 5.74) is 2.11. The van der Waals surface area contributed by atoms with Crippen LogP contribution in [-0.4, -0.2) is 23.1 Å². The summed E-state index contributed by atoms with van der Waals surface area (Å²) in [6.45, 7) is 6.34. The molecule has 0 spiro atoms. The second kappa shape index (κ2) is 6.15. The molecule has 0 N–H and O–H groups in total. The van der Waals surface area contributed by atoms with Crippen molar-refractivity contribution in [1.82, 2.24) is 9.97 Å². The van der Waals surface area contributed by atoms with Gasteiger partial charge in [-0.3, -0.25) is 0 Å². The zero-order chi connectivity index (χ0) is 12.8. The maximum atomic E-state index is 4.37. The van der Waals surface area contributed by atoms with Gasteiger partial charge in [-0.25, -0.2) is 9.97 Å². The Balaban J connectivity index is 2.30. The molecule has 94 valence electrons. The molecule has 0 aliphatic heterocycles. The molecular formula is C15H19N3. The van der Waals surface area contributed by atoms with E-state index in [2.05, 4.69) is 46.9 Å². The van der Waals surface area contributed by atoms with Crippen LogP contribution in [0.25, 0.3) is 11.3 Å². The van der Waals surface area contributed by atoms with Gasteiger partial charge in [-0.2, -0.15) is 0 Å². The maximum absolute atomic E-state index is 4.37. The third kappa shape index (κ3) is 2.86. The van der Waals surface area contributed by atoms with Gasteiger partial charge in [0.05, 0.1) is 5.69 Å². The number of anilines is 1. The highest BCUT2D eigenvalue weighted by atomic mass is 15.2. The summed E-state index contributed by atoms with van der Waals surface area (Å²) < 4.78 is 0. The van der Waals surface area contributed by atoms with Crippen LogP contribution in [0.2, 0.25) is 0 Å². The monoisotopic (exact) mass is 241 g/mol. The van der Waals surface area contributed by atoms with Crippen molar-refractivity contribution in [3.05, 3.63) is 42.7 Å². The van der Waals surface area contributed by atoms with E-state index >= 15 is 0 Å². The van der Waals surface area contributed by atoms with Crippen LogP contribution in [0.15, 0.2) is 42.7 Å². The first-order chi connectivity index (χ1) is 8.85. The van der Waals surface area contributed by atoms with Crippen LogP contribution in [0.3, 0.4) is 0 Å². The minimum Gasteiger partial charge on any atom is -0.357 e. The fraction of sp³-hybridized carbons (Fsp3) is 0.333. The zero-order valence-electron chi connectivity index (χ0n) is 11.0. The maximum Gasteiger partial charge on any atom is 0.132 e. The summed E-state index contributed by atoms with van der Waals surface area (Å²) in [4.78, 5) is 11.0. The lowest BCUT2D eigenvalue weighted by atomic mass is 10.1. The lowest BCUT2D eigenvalue weighted by Gasteiger charge is -2.21. The fourth-order valence-electron chi connectivity index (χ4n) is 1.99. The van der Waals surface area contributed by atoms with Gasteiger partial charge in [0.2, 0.25) is 0 Å². The van der Waals surface area contributed by atoms with E-state index in [4.69, 9.17) is 0 Å². The largest absolute Gasteiger partial charge is 0.357 e. The van der Waals surface area contributed by atoms with E-state index in [1.807, 2.05) is 18.2 Å². The van der Waals surface area contributed by atoms with Crippen LogP contribution < -0.4 is 4.90 Å². The highest BCUT2D eigenvalue weighted by Crippen LogP contribution is 2.20. The average Bonchev–Trinajstić information content (AvgIpc) is 2.46. The van der Waals surface area contributed by atoms with Gasteiger partial charge in [-0.1, -0.05) is 37.3 Å². The Morgan fingerprint density at radius 3 is 2.50 bits per heavy atom. The number of aromatic nitrogens is 2. The van der Waals surface area contributed by atoms with Crippen molar-refractivity contribution < 1.29 is 0 Å². The Bertz CT molecular complexity index is 482. The molecule has 0 fully saturated rings. The molecule has 1 aromatic carbocycles. The van der Waals surface area contributed by atoms with Gasteiger partial charge >= 0.3 is 0 Å². The van der Waals surface area contributed by atoms with E-state index < -0.39 is 0 Å². The Morgan fingerprint density at radius 1 is 1.06 bits per heavy atom. The molecule has 3 heteroatoms. The van der Waals surface area contributed by atoms with Crippen molar-refractivity contribution in [3.8, 4) is 11.3 Å². The van der Waals surface area contributed by atoms with Crippen LogP contribution in [0.5, 0.6) is 0 Å².